The van der Waals surface area contributed by atoms with E-state index in [9.17, 15) is 0 Å². The van der Waals surface area contributed by atoms with Gasteiger partial charge in [0.15, 0.2) is 0 Å². The third-order valence-corrected chi connectivity index (χ3v) is 1.08. The molecular weight excluding hydrogens is 143 g/mol. The molecule has 0 aromatic heterocycles. The number of allylic oxidation sites excluding steroid dienone is 4. The van der Waals surface area contributed by atoms with E-state index in [1.165, 1.54) is 5.54 Å². The van der Waals surface area contributed by atoms with E-state index in [2.05, 4.69) is 6.58 Å². The normalized spacial score (nSPS) is 12.5. The van der Waals surface area contributed by atoms with Crippen LogP contribution < -0.4 is 0 Å². The van der Waals surface area contributed by atoms with Crippen LogP contribution in [0.5, 0.6) is 0 Å². The van der Waals surface area contributed by atoms with E-state index in [4.69, 9.17) is 23.2 Å². The molecule has 0 unspecified atom stereocenters. The molecule has 0 amide bonds. The van der Waals surface area contributed by atoms with Gasteiger partial charge in [0.1, 0.15) is 0 Å². The Morgan fingerprint density at radius 2 is 2.12 bits per heavy atom. The molecule has 0 N–H and O–H groups in total. The van der Waals surface area contributed by atoms with E-state index in [-0.39, 0.29) is 0 Å². The summed E-state index contributed by atoms with van der Waals surface area (Å²) >= 11 is 10.6. The van der Waals surface area contributed by atoms with Gasteiger partial charge >= 0.3 is 0 Å². The summed E-state index contributed by atoms with van der Waals surface area (Å²) in [6, 6.07) is 0. The molecule has 0 bridgehead atoms. The largest absolute Gasteiger partial charge is 0.0991 e. The van der Waals surface area contributed by atoms with E-state index in [0.29, 0.717) is 5.03 Å². The molecule has 0 heterocycles. The second-order valence-corrected chi connectivity index (χ2v) is 1.74. The van der Waals surface area contributed by atoms with Gasteiger partial charge in [-0.1, -0.05) is 41.9 Å². The Bertz CT molecular complexity index is 122. The highest BCUT2D eigenvalue weighted by atomic mass is 35.5. The minimum absolute atomic E-state index is 0.506. The summed E-state index contributed by atoms with van der Waals surface area (Å²) < 4.78 is 0. The van der Waals surface area contributed by atoms with Crippen LogP contribution in [-0.4, -0.2) is 0 Å². The molecule has 0 saturated carbocycles. The SMILES string of the molecule is C=C/C=C\C(Cl)=C\Cl. The Labute approximate surface area is 59.1 Å². The van der Waals surface area contributed by atoms with Crippen molar-refractivity contribution >= 4 is 23.2 Å². The molecule has 0 radical (unpaired) electrons. The summed E-state index contributed by atoms with van der Waals surface area (Å²) in [6.45, 7) is 3.45. The van der Waals surface area contributed by atoms with E-state index in [1.54, 1.807) is 18.2 Å². The lowest BCUT2D eigenvalue weighted by atomic mass is 10.5. The summed E-state index contributed by atoms with van der Waals surface area (Å²) in [5.41, 5.74) is 1.29. The Balaban J connectivity index is 3.69. The van der Waals surface area contributed by atoms with Gasteiger partial charge in [-0.05, 0) is 6.08 Å². The summed E-state index contributed by atoms with van der Waals surface area (Å²) in [5, 5.41) is 0.506. The van der Waals surface area contributed by atoms with E-state index < -0.39 is 0 Å². The van der Waals surface area contributed by atoms with Crippen LogP contribution in [-0.2, 0) is 0 Å². The predicted octanol–water partition coefficient (Wildman–Crippen LogP) is 3.05. The van der Waals surface area contributed by atoms with Gasteiger partial charge in [-0.15, -0.1) is 0 Å². The van der Waals surface area contributed by atoms with Crippen molar-refractivity contribution in [2.24, 2.45) is 0 Å². The fourth-order valence-electron chi connectivity index (χ4n) is 0.196. The van der Waals surface area contributed by atoms with Crippen LogP contribution >= 0.6 is 23.2 Å². The number of halogens is 2. The van der Waals surface area contributed by atoms with Crippen molar-refractivity contribution < 1.29 is 0 Å². The zero-order valence-corrected chi connectivity index (χ0v) is 5.78. The predicted molar refractivity (Wildman–Crippen MR) is 39.1 cm³/mol. The van der Waals surface area contributed by atoms with Crippen LogP contribution in [0, 0.1) is 0 Å². The molecular formula is C6H6Cl2. The highest BCUT2D eigenvalue weighted by Gasteiger charge is 1.75. The van der Waals surface area contributed by atoms with Crippen LogP contribution in [0.15, 0.2) is 35.4 Å². The molecule has 0 atom stereocenters. The lowest BCUT2D eigenvalue weighted by molar-refractivity contribution is 1.90. The molecule has 0 aliphatic heterocycles. The summed E-state index contributed by atoms with van der Waals surface area (Å²) in [6.07, 6.45) is 4.99. The van der Waals surface area contributed by atoms with E-state index >= 15 is 0 Å². The Hall–Kier alpha value is -0.200. The van der Waals surface area contributed by atoms with Crippen molar-refractivity contribution in [3.05, 3.63) is 35.4 Å². The highest BCUT2D eigenvalue weighted by Crippen LogP contribution is 2.03. The zero-order valence-electron chi connectivity index (χ0n) is 4.27. The van der Waals surface area contributed by atoms with Crippen molar-refractivity contribution in [1.82, 2.24) is 0 Å². The smallest absolute Gasteiger partial charge is 0.0518 e. The molecule has 0 aromatic rings. The average molecular weight is 149 g/mol. The molecule has 0 aliphatic carbocycles. The average Bonchev–Trinajstić information content (AvgIpc) is 1.83. The van der Waals surface area contributed by atoms with Gasteiger partial charge in [-0.25, -0.2) is 0 Å². The third kappa shape index (κ3) is 3.97. The molecule has 0 spiro atoms. The zero-order chi connectivity index (χ0) is 6.41. The molecule has 0 aliphatic rings. The second kappa shape index (κ2) is 4.95. The summed E-state index contributed by atoms with van der Waals surface area (Å²) in [7, 11) is 0. The van der Waals surface area contributed by atoms with Crippen molar-refractivity contribution in [1.29, 1.82) is 0 Å². The summed E-state index contributed by atoms with van der Waals surface area (Å²) in [4.78, 5) is 0. The molecule has 2 heteroatoms. The third-order valence-electron chi connectivity index (χ3n) is 0.496. The van der Waals surface area contributed by atoms with Crippen molar-refractivity contribution in [2.45, 2.75) is 0 Å². The minimum Gasteiger partial charge on any atom is -0.0991 e. The number of rotatable bonds is 2. The Morgan fingerprint density at radius 1 is 1.50 bits per heavy atom. The Morgan fingerprint density at radius 3 is 2.50 bits per heavy atom. The monoisotopic (exact) mass is 148 g/mol. The second-order valence-electron chi connectivity index (χ2n) is 1.09. The quantitative estimate of drug-likeness (QED) is 0.529. The fraction of sp³-hybridized carbons (Fsp3) is 0. The lowest BCUT2D eigenvalue weighted by Gasteiger charge is -1.77. The van der Waals surface area contributed by atoms with Crippen molar-refractivity contribution in [3.63, 3.8) is 0 Å². The van der Waals surface area contributed by atoms with Crippen LogP contribution in [0.3, 0.4) is 0 Å². The first-order chi connectivity index (χ1) is 3.81. The lowest BCUT2D eigenvalue weighted by Crippen LogP contribution is -1.54. The molecule has 0 rings (SSSR count). The van der Waals surface area contributed by atoms with Crippen LogP contribution in [0.1, 0.15) is 0 Å². The van der Waals surface area contributed by atoms with Gasteiger partial charge in [0.2, 0.25) is 0 Å². The van der Waals surface area contributed by atoms with Gasteiger partial charge in [-0.3, -0.25) is 0 Å². The minimum atomic E-state index is 0.506. The van der Waals surface area contributed by atoms with Gasteiger partial charge in [0.25, 0.3) is 0 Å². The number of hydrogen-bond acceptors (Lipinski definition) is 0. The fourth-order valence-corrected chi connectivity index (χ4v) is 0.342. The van der Waals surface area contributed by atoms with Crippen LogP contribution in [0.4, 0.5) is 0 Å². The molecule has 0 aromatic carbocycles. The maximum Gasteiger partial charge on any atom is 0.0518 e. The first-order valence-corrected chi connectivity index (χ1v) is 2.87. The van der Waals surface area contributed by atoms with Crippen LogP contribution in [0.25, 0.3) is 0 Å². The van der Waals surface area contributed by atoms with Gasteiger partial charge in [-0.2, -0.15) is 0 Å². The van der Waals surface area contributed by atoms with E-state index in [1.807, 2.05) is 0 Å². The van der Waals surface area contributed by atoms with Crippen LogP contribution in [0.2, 0.25) is 0 Å². The standard InChI is InChI=1S/C6H6Cl2/c1-2-3-4-6(8)5-7/h2-5H,1H2/b4-3-,6-5-. The molecule has 0 nitrogen and oxygen atoms in total. The maximum absolute atomic E-state index is 5.44. The van der Waals surface area contributed by atoms with Gasteiger partial charge in [0, 0.05) is 5.54 Å². The van der Waals surface area contributed by atoms with Crippen molar-refractivity contribution in [2.75, 3.05) is 0 Å². The molecule has 0 saturated heterocycles. The molecule has 8 heavy (non-hydrogen) atoms. The van der Waals surface area contributed by atoms with Gasteiger partial charge < -0.3 is 0 Å². The topological polar surface area (TPSA) is 0 Å². The maximum atomic E-state index is 5.44. The molecule has 0 fully saturated rings. The first-order valence-electron chi connectivity index (χ1n) is 2.06. The van der Waals surface area contributed by atoms with Gasteiger partial charge in [0.05, 0.1) is 5.03 Å². The first kappa shape index (κ1) is 7.80. The summed E-state index contributed by atoms with van der Waals surface area (Å²) in [5.74, 6) is 0. The number of hydrogen-bond donors (Lipinski definition) is 0. The van der Waals surface area contributed by atoms with Crippen molar-refractivity contribution in [3.8, 4) is 0 Å². The Kier molecular flexibility index (Phi) is 4.82. The van der Waals surface area contributed by atoms with E-state index in [0.717, 1.165) is 0 Å². The highest BCUT2D eigenvalue weighted by molar-refractivity contribution is 6.37. The molecule has 44 valence electrons.